The van der Waals surface area contributed by atoms with Crippen molar-refractivity contribution in [3.63, 3.8) is 0 Å². The summed E-state index contributed by atoms with van der Waals surface area (Å²) in [6.45, 7) is 5.63. The summed E-state index contributed by atoms with van der Waals surface area (Å²) in [4.78, 5) is 15.6. The Balaban J connectivity index is 2.45. The number of ether oxygens (including phenoxy) is 1. The van der Waals surface area contributed by atoms with Gasteiger partial charge in [-0.3, -0.25) is 4.79 Å². The predicted octanol–water partition coefficient (Wildman–Crippen LogP) is 2.29. The molecule has 0 N–H and O–H groups in total. The number of rotatable bonds is 5. The molecule has 15 heavy (non-hydrogen) atoms. The van der Waals surface area contributed by atoms with Crippen molar-refractivity contribution in [1.82, 2.24) is 4.98 Å². The molecule has 1 unspecified atom stereocenters. The van der Waals surface area contributed by atoms with Gasteiger partial charge in [0.25, 0.3) is 0 Å². The van der Waals surface area contributed by atoms with Crippen LogP contribution in [0.25, 0.3) is 0 Å². The van der Waals surface area contributed by atoms with Gasteiger partial charge < -0.3 is 4.74 Å². The minimum atomic E-state index is -0.435. The number of hydrogen-bond donors (Lipinski definition) is 0. The van der Waals surface area contributed by atoms with Crippen LogP contribution in [-0.2, 0) is 9.53 Å². The highest BCUT2D eigenvalue weighted by Crippen LogP contribution is 2.17. The minimum absolute atomic E-state index is 0.0458. The highest BCUT2D eigenvalue weighted by atomic mass is 32.2. The molecule has 80 valence electrons. The van der Waals surface area contributed by atoms with Gasteiger partial charge in [0.2, 0.25) is 5.12 Å². The van der Waals surface area contributed by atoms with Gasteiger partial charge in [-0.2, -0.15) is 0 Å². The molecule has 0 spiro atoms. The zero-order valence-electron chi connectivity index (χ0n) is 8.55. The Morgan fingerprint density at radius 1 is 1.73 bits per heavy atom. The highest BCUT2D eigenvalue weighted by Gasteiger charge is 2.14. The predicted molar refractivity (Wildman–Crippen MR) is 60.7 cm³/mol. The number of thioether (sulfide) groups is 1. The molecule has 0 fully saturated rings. The SMILES string of the molecule is C=CCOC(C)C(=O)Sc1ccccn1. The fourth-order valence-electron chi connectivity index (χ4n) is 0.874. The molecule has 0 amide bonds. The number of aromatic nitrogens is 1. The molecule has 1 aromatic rings. The smallest absolute Gasteiger partial charge is 0.223 e. The number of carbonyl (C=O) groups is 1. The molecule has 0 saturated heterocycles. The minimum Gasteiger partial charge on any atom is -0.366 e. The van der Waals surface area contributed by atoms with Crippen molar-refractivity contribution in [2.24, 2.45) is 0 Å². The third-order valence-corrected chi connectivity index (χ3v) is 2.62. The van der Waals surface area contributed by atoms with E-state index in [0.717, 1.165) is 11.8 Å². The summed E-state index contributed by atoms with van der Waals surface area (Å²) in [6, 6.07) is 5.45. The lowest BCUT2D eigenvalue weighted by atomic mass is 10.4. The van der Waals surface area contributed by atoms with Gasteiger partial charge in [0.15, 0.2) is 0 Å². The zero-order chi connectivity index (χ0) is 11.1. The molecular formula is C11H13NO2S. The van der Waals surface area contributed by atoms with E-state index >= 15 is 0 Å². The quantitative estimate of drug-likeness (QED) is 0.567. The van der Waals surface area contributed by atoms with Crippen molar-refractivity contribution < 1.29 is 9.53 Å². The average Bonchev–Trinajstić information content (AvgIpc) is 2.27. The Kier molecular flexibility index (Phi) is 5.07. The first kappa shape index (κ1) is 11.9. The third-order valence-electron chi connectivity index (χ3n) is 1.64. The molecular weight excluding hydrogens is 210 g/mol. The summed E-state index contributed by atoms with van der Waals surface area (Å²) in [5, 5.41) is 0.645. The van der Waals surface area contributed by atoms with Crippen LogP contribution in [0.1, 0.15) is 6.92 Å². The Labute approximate surface area is 93.5 Å². The molecule has 0 aliphatic heterocycles. The normalized spacial score (nSPS) is 12.1. The number of carbonyl (C=O) groups excluding carboxylic acids is 1. The molecule has 0 aromatic carbocycles. The molecule has 0 saturated carbocycles. The van der Waals surface area contributed by atoms with Gasteiger partial charge in [0.1, 0.15) is 11.1 Å². The molecule has 1 rings (SSSR count). The summed E-state index contributed by atoms with van der Waals surface area (Å²) < 4.78 is 5.21. The lowest BCUT2D eigenvalue weighted by Crippen LogP contribution is -2.17. The lowest BCUT2D eigenvalue weighted by Gasteiger charge is -2.08. The van der Waals surface area contributed by atoms with Crippen LogP contribution in [0.2, 0.25) is 0 Å². The Hall–Kier alpha value is -1.13. The standard InChI is InChI=1S/C11H13NO2S/c1-3-8-14-9(2)11(13)15-10-6-4-5-7-12-10/h3-7,9H,1,8H2,2H3. The second-order valence-electron chi connectivity index (χ2n) is 2.85. The fraction of sp³-hybridized carbons (Fsp3) is 0.273. The van der Waals surface area contributed by atoms with Gasteiger partial charge in [0.05, 0.1) is 6.61 Å². The van der Waals surface area contributed by atoms with E-state index in [-0.39, 0.29) is 5.12 Å². The van der Waals surface area contributed by atoms with Gasteiger partial charge in [-0.25, -0.2) is 4.98 Å². The van der Waals surface area contributed by atoms with Crippen LogP contribution in [0.15, 0.2) is 42.1 Å². The largest absolute Gasteiger partial charge is 0.366 e. The van der Waals surface area contributed by atoms with E-state index < -0.39 is 6.10 Å². The molecule has 3 nitrogen and oxygen atoms in total. The third kappa shape index (κ3) is 4.27. The first-order valence-corrected chi connectivity index (χ1v) is 5.41. The van der Waals surface area contributed by atoms with E-state index in [1.807, 2.05) is 12.1 Å². The zero-order valence-corrected chi connectivity index (χ0v) is 9.37. The molecule has 4 heteroatoms. The van der Waals surface area contributed by atoms with Crippen LogP contribution in [-0.4, -0.2) is 22.8 Å². The summed E-state index contributed by atoms with van der Waals surface area (Å²) >= 11 is 1.09. The summed E-state index contributed by atoms with van der Waals surface area (Å²) in [5.41, 5.74) is 0. The van der Waals surface area contributed by atoms with Crippen molar-refractivity contribution in [3.05, 3.63) is 37.1 Å². The van der Waals surface area contributed by atoms with Crippen LogP contribution in [0.5, 0.6) is 0 Å². The van der Waals surface area contributed by atoms with Crippen LogP contribution in [0.3, 0.4) is 0 Å². The first-order valence-electron chi connectivity index (χ1n) is 4.59. The maximum atomic E-state index is 11.6. The van der Waals surface area contributed by atoms with Crippen molar-refractivity contribution in [3.8, 4) is 0 Å². The molecule has 0 radical (unpaired) electrons. The summed E-state index contributed by atoms with van der Waals surface area (Å²) in [7, 11) is 0. The average molecular weight is 223 g/mol. The van der Waals surface area contributed by atoms with E-state index in [1.165, 1.54) is 0 Å². The van der Waals surface area contributed by atoms with Crippen LogP contribution in [0, 0.1) is 0 Å². The highest BCUT2D eigenvalue weighted by molar-refractivity contribution is 8.13. The maximum absolute atomic E-state index is 11.6. The van der Waals surface area contributed by atoms with Crippen molar-refractivity contribution in [2.75, 3.05) is 6.61 Å². The Morgan fingerprint density at radius 2 is 2.53 bits per heavy atom. The first-order chi connectivity index (χ1) is 7.24. The second-order valence-corrected chi connectivity index (χ2v) is 3.88. The van der Waals surface area contributed by atoms with E-state index in [4.69, 9.17) is 4.74 Å². The lowest BCUT2D eigenvalue weighted by molar-refractivity contribution is -0.119. The fourth-order valence-corrected chi connectivity index (χ4v) is 1.57. The molecule has 0 aliphatic carbocycles. The number of nitrogens with zero attached hydrogens (tertiary/aromatic N) is 1. The van der Waals surface area contributed by atoms with E-state index in [0.29, 0.717) is 11.6 Å². The summed E-state index contributed by atoms with van der Waals surface area (Å²) in [6.07, 6.45) is 2.84. The molecule has 0 bridgehead atoms. The van der Waals surface area contributed by atoms with Gasteiger partial charge in [-0.1, -0.05) is 12.1 Å². The summed E-state index contributed by atoms with van der Waals surface area (Å²) in [5.74, 6) is 0. The second kappa shape index (κ2) is 6.37. The Bertz CT molecular complexity index is 327. The van der Waals surface area contributed by atoms with E-state index in [2.05, 4.69) is 11.6 Å². The molecule has 0 aliphatic rings. The van der Waals surface area contributed by atoms with Crippen molar-refractivity contribution >= 4 is 16.9 Å². The van der Waals surface area contributed by atoms with Gasteiger partial charge in [0, 0.05) is 6.20 Å². The maximum Gasteiger partial charge on any atom is 0.223 e. The van der Waals surface area contributed by atoms with Crippen LogP contribution >= 0.6 is 11.8 Å². The van der Waals surface area contributed by atoms with E-state index in [1.54, 1.807) is 25.3 Å². The Morgan fingerprint density at radius 3 is 3.13 bits per heavy atom. The van der Waals surface area contributed by atoms with Gasteiger partial charge in [-0.05, 0) is 30.8 Å². The van der Waals surface area contributed by atoms with Crippen molar-refractivity contribution in [2.45, 2.75) is 18.1 Å². The molecule has 1 atom stereocenters. The van der Waals surface area contributed by atoms with Crippen LogP contribution in [0.4, 0.5) is 0 Å². The topological polar surface area (TPSA) is 39.2 Å². The van der Waals surface area contributed by atoms with Crippen LogP contribution < -0.4 is 0 Å². The molecule has 1 aromatic heterocycles. The number of pyridine rings is 1. The van der Waals surface area contributed by atoms with Gasteiger partial charge >= 0.3 is 0 Å². The van der Waals surface area contributed by atoms with Gasteiger partial charge in [-0.15, -0.1) is 6.58 Å². The number of hydrogen-bond acceptors (Lipinski definition) is 4. The van der Waals surface area contributed by atoms with Crippen molar-refractivity contribution in [1.29, 1.82) is 0 Å². The molecule has 1 heterocycles. The van der Waals surface area contributed by atoms with E-state index in [9.17, 15) is 4.79 Å². The monoisotopic (exact) mass is 223 g/mol.